The Balaban J connectivity index is 1.34. The molecule has 0 aliphatic carbocycles. The summed E-state index contributed by atoms with van der Waals surface area (Å²) in [4.78, 5) is 47.4. The van der Waals surface area contributed by atoms with Crippen LogP contribution in [0.15, 0.2) is 29.0 Å². The monoisotopic (exact) mass is 615 g/mol. The van der Waals surface area contributed by atoms with Crippen LogP contribution >= 0.6 is 27.3 Å². The molecule has 208 valence electrons. The molecule has 10 nitrogen and oxygen atoms in total. The summed E-state index contributed by atoms with van der Waals surface area (Å²) in [6, 6.07) is 4.04. The van der Waals surface area contributed by atoms with Gasteiger partial charge in [0.25, 0.3) is 0 Å². The lowest BCUT2D eigenvalue weighted by molar-refractivity contribution is -0.157. The molecule has 12 heteroatoms. The van der Waals surface area contributed by atoms with E-state index in [1.807, 2.05) is 45.4 Å². The number of halogens is 1. The zero-order chi connectivity index (χ0) is 27.7. The minimum absolute atomic E-state index is 0.0221. The van der Waals surface area contributed by atoms with E-state index in [0.717, 1.165) is 45.1 Å². The second-order valence-electron chi connectivity index (χ2n) is 10.1. The zero-order valence-electron chi connectivity index (χ0n) is 22.8. The molecular formula is C27H34BrN7O3S. The number of hydrogen-bond donors (Lipinski definition) is 0. The number of piperidine rings is 1. The minimum atomic E-state index is -0.413. The third-order valence-corrected chi connectivity index (χ3v) is 9.72. The zero-order valence-corrected chi connectivity index (χ0v) is 25.2. The highest BCUT2D eigenvalue weighted by molar-refractivity contribution is 9.10. The number of aromatic nitrogens is 3. The molecule has 5 rings (SSSR count). The van der Waals surface area contributed by atoms with Crippen LogP contribution in [-0.2, 0) is 9.53 Å². The Bertz CT molecular complexity index is 1360. The Morgan fingerprint density at radius 2 is 1.82 bits per heavy atom. The van der Waals surface area contributed by atoms with E-state index in [9.17, 15) is 9.59 Å². The Labute approximate surface area is 241 Å². The van der Waals surface area contributed by atoms with Crippen LogP contribution in [-0.4, -0.2) is 83.4 Å². The number of carbonyl (C=O) groups excluding carboxylic acids is 2. The first kappa shape index (κ1) is 27.7. The van der Waals surface area contributed by atoms with Gasteiger partial charge in [-0.2, -0.15) is 0 Å². The highest BCUT2D eigenvalue weighted by atomic mass is 79.9. The van der Waals surface area contributed by atoms with Crippen LogP contribution in [0, 0.1) is 5.41 Å². The fourth-order valence-corrected chi connectivity index (χ4v) is 6.89. The van der Waals surface area contributed by atoms with Crippen molar-refractivity contribution < 1.29 is 14.3 Å². The Morgan fingerprint density at radius 3 is 2.46 bits per heavy atom. The molecule has 1 aromatic carbocycles. The summed E-state index contributed by atoms with van der Waals surface area (Å²) in [6.07, 6.45) is 5.90. The van der Waals surface area contributed by atoms with Gasteiger partial charge in [0.15, 0.2) is 5.13 Å². The number of esters is 1. The summed E-state index contributed by atoms with van der Waals surface area (Å²) in [5.41, 5.74) is 2.23. The average molecular weight is 617 g/mol. The quantitative estimate of drug-likeness (QED) is 0.335. The second kappa shape index (κ2) is 11.3. The van der Waals surface area contributed by atoms with E-state index in [2.05, 4.69) is 42.6 Å². The molecule has 0 radical (unpaired) electrons. The number of anilines is 2. The van der Waals surface area contributed by atoms with Crippen LogP contribution < -0.4 is 9.80 Å². The third-order valence-electron chi connectivity index (χ3n) is 7.70. The molecule has 0 N–H and O–H groups in total. The molecule has 2 fully saturated rings. The highest BCUT2D eigenvalue weighted by Gasteiger charge is 2.41. The molecule has 0 atom stereocenters. The average Bonchev–Trinajstić information content (AvgIpc) is 3.39. The highest BCUT2D eigenvalue weighted by Crippen LogP contribution is 2.39. The standard InChI is InChI=1S/C27H34BrN7O3S/c1-5-27(23(36)38-7-3)8-10-34(11-9-27)24-29-14-19(15-30-24)18-12-20(28)22-21(13-18)31-25(39-22)35-17-32(4)16-33(6-2)26(35)37/h12-15H,5-11,16-17H2,1-4H3. The molecule has 4 heterocycles. The van der Waals surface area contributed by atoms with Crippen molar-refractivity contribution in [3.8, 4) is 11.1 Å². The van der Waals surface area contributed by atoms with Crippen LogP contribution in [0.25, 0.3) is 21.3 Å². The Hall–Kier alpha value is -2.83. The van der Waals surface area contributed by atoms with Crippen molar-refractivity contribution in [3.63, 3.8) is 0 Å². The van der Waals surface area contributed by atoms with E-state index in [1.54, 1.807) is 9.80 Å². The lowest BCUT2D eigenvalue weighted by atomic mass is 9.76. The number of carbonyl (C=O) groups is 2. The maximum absolute atomic E-state index is 13.0. The number of fused-ring (bicyclic) bond motifs is 1. The molecule has 2 aliphatic rings. The number of hydrogen-bond acceptors (Lipinski definition) is 9. The molecule has 2 aromatic heterocycles. The van der Waals surface area contributed by atoms with Crippen molar-refractivity contribution in [1.29, 1.82) is 0 Å². The molecule has 3 aromatic rings. The molecule has 0 bridgehead atoms. The third kappa shape index (κ3) is 5.33. The molecule has 2 aliphatic heterocycles. The molecular weight excluding hydrogens is 582 g/mol. The van der Waals surface area contributed by atoms with Crippen molar-refractivity contribution >= 4 is 60.6 Å². The number of thiazole rings is 1. The summed E-state index contributed by atoms with van der Waals surface area (Å²) in [5, 5.41) is 0.681. The predicted molar refractivity (Wildman–Crippen MR) is 157 cm³/mol. The lowest BCUT2D eigenvalue weighted by Crippen LogP contribution is -2.56. The maximum Gasteiger partial charge on any atom is 0.328 e. The molecule has 39 heavy (non-hydrogen) atoms. The van der Waals surface area contributed by atoms with Crippen molar-refractivity contribution in [3.05, 3.63) is 29.0 Å². The first-order chi connectivity index (χ1) is 18.8. The largest absolute Gasteiger partial charge is 0.466 e. The fourth-order valence-electron chi connectivity index (χ4n) is 5.26. The van der Waals surface area contributed by atoms with Gasteiger partial charge in [-0.05, 0) is 73.8 Å². The topological polar surface area (TPSA) is 95.0 Å². The van der Waals surface area contributed by atoms with Gasteiger partial charge in [0.2, 0.25) is 5.95 Å². The maximum atomic E-state index is 13.0. The summed E-state index contributed by atoms with van der Waals surface area (Å²) in [6.45, 7) is 9.49. The van der Waals surface area contributed by atoms with E-state index in [4.69, 9.17) is 9.72 Å². The van der Waals surface area contributed by atoms with Gasteiger partial charge in [0.1, 0.15) is 0 Å². The smallest absolute Gasteiger partial charge is 0.328 e. The lowest BCUT2D eigenvalue weighted by Gasteiger charge is -2.39. The molecule has 0 unspecified atom stereocenters. The van der Waals surface area contributed by atoms with Crippen molar-refractivity contribution in [2.24, 2.45) is 5.41 Å². The van der Waals surface area contributed by atoms with Crippen LogP contribution in [0.4, 0.5) is 15.9 Å². The normalized spacial score (nSPS) is 18.2. The van der Waals surface area contributed by atoms with Crippen LogP contribution in [0.5, 0.6) is 0 Å². The van der Waals surface area contributed by atoms with Gasteiger partial charge >= 0.3 is 12.0 Å². The number of benzene rings is 1. The van der Waals surface area contributed by atoms with Gasteiger partial charge in [-0.3, -0.25) is 14.6 Å². The van der Waals surface area contributed by atoms with Crippen LogP contribution in [0.2, 0.25) is 0 Å². The second-order valence-corrected chi connectivity index (χ2v) is 12.0. The van der Waals surface area contributed by atoms with Crippen LogP contribution in [0.1, 0.15) is 40.0 Å². The molecule has 0 spiro atoms. The number of ether oxygens (including phenoxy) is 1. The van der Waals surface area contributed by atoms with Crippen LogP contribution in [0.3, 0.4) is 0 Å². The first-order valence-corrected chi connectivity index (χ1v) is 15.0. The summed E-state index contributed by atoms with van der Waals surface area (Å²) in [5.74, 6) is 0.575. The first-order valence-electron chi connectivity index (χ1n) is 13.4. The number of nitrogens with zero attached hydrogens (tertiary/aromatic N) is 7. The van der Waals surface area contributed by atoms with Crippen molar-refractivity contribution in [2.75, 3.05) is 56.4 Å². The Morgan fingerprint density at radius 1 is 1.10 bits per heavy atom. The van der Waals surface area contributed by atoms with E-state index in [0.29, 0.717) is 50.7 Å². The molecule has 0 saturated carbocycles. The van der Waals surface area contributed by atoms with Gasteiger partial charge in [-0.15, -0.1) is 0 Å². The van der Waals surface area contributed by atoms with Gasteiger partial charge in [-0.25, -0.2) is 19.7 Å². The van der Waals surface area contributed by atoms with Crippen molar-refractivity contribution in [2.45, 2.75) is 40.0 Å². The minimum Gasteiger partial charge on any atom is -0.466 e. The van der Waals surface area contributed by atoms with E-state index < -0.39 is 5.41 Å². The van der Waals surface area contributed by atoms with Crippen molar-refractivity contribution in [1.82, 2.24) is 24.8 Å². The van der Waals surface area contributed by atoms with Gasteiger partial charge in [-0.1, -0.05) is 18.3 Å². The molecule has 2 saturated heterocycles. The van der Waals surface area contributed by atoms with Gasteiger partial charge in [0, 0.05) is 42.1 Å². The fraction of sp³-hybridized carbons (Fsp3) is 0.519. The summed E-state index contributed by atoms with van der Waals surface area (Å²) in [7, 11) is 2.00. The molecule has 2 amide bonds. The van der Waals surface area contributed by atoms with E-state index in [-0.39, 0.29) is 12.0 Å². The number of urea groups is 1. The predicted octanol–water partition coefficient (Wildman–Crippen LogP) is 5.18. The van der Waals surface area contributed by atoms with Gasteiger partial charge in [0.05, 0.1) is 35.6 Å². The summed E-state index contributed by atoms with van der Waals surface area (Å²) < 4.78 is 7.26. The van der Waals surface area contributed by atoms with E-state index in [1.165, 1.54) is 11.3 Å². The number of rotatable bonds is 7. The SMILES string of the molecule is CCOC(=O)C1(CC)CCN(c2ncc(-c3cc(Br)c4sc(N5CN(C)CN(CC)C5=O)nc4c3)cn2)CC1. The van der Waals surface area contributed by atoms with E-state index >= 15 is 0 Å². The Kier molecular flexibility index (Phi) is 8.06. The number of amides is 2. The summed E-state index contributed by atoms with van der Waals surface area (Å²) >= 11 is 5.21. The van der Waals surface area contributed by atoms with Gasteiger partial charge < -0.3 is 14.5 Å².